The molecule has 2 saturated heterocycles. The van der Waals surface area contributed by atoms with Crippen LogP contribution < -0.4 is 4.90 Å². The van der Waals surface area contributed by atoms with Gasteiger partial charge < -0.3 is 14.5 Å². The number of likely N-dealkylation sites (tertiary alicyclic amines) is 1. The molecule has 1 saturated carbocycles. The Morgan fingerprint density at radius 1 is 1.09 bits per heavy atom. The first kappa shape index (κ1) is 22.1. The molecule has 8 nitrogen and oxygen atoms in total. The van der Waals surface area contributed by atoms with Crippen LogP contribution in [-0.2, 0) is 4.74 Å². The van der Waals surface area contributed by atoms with Crippen LogP contribution in [0.3, 0.4) is 0 Å². The lowest BCUT2D eigenvalue weighted by molar-refractivity contribution is -0.0344. The van der Waals surface area contributed by atoms with Crippen LogP contribution in [0.2, 0.25) is 0 Å². The van der Waals surface area contributed by atoms with Crippen molar-refractivity contribution in [1.82, 2.24) is 24.8 Å². The number of piperazine rings is 1. The number of hydrogen-bond donors (Lipinski definition) is 0. The third kappa shape index (κ3) is 4.67. The highest BCUT2D eigenvalue weighted by Gasteiger charge is 2.51. The largest absolute Gasteiger partial charge is 0.444 e. The molecule has 1 spiro atoms. The molecule has 8 heteroatoms. The molecule has 33 heavy (non-hydrogen) atoms. The van der Waals surface area contributed by atoms with Crippen molar-refractivity contribution < 1.29 is 9.53 Å². The predicted octanol–water partition coefficient (Wildman–Crippen LogP) is 3.45. The fourth-order valence-corrected chi connectivity index (χ4v) is 5.58. The van der Waals surface area contributed by atoms with Crippen LogP contribution >= 0.6 is 0 Å². The average Bonchev–Trinajstić information content (AvgIpc) is 3.24. The van der Waals surface area contributed by atoms with Crippen molar-refractivity contribution in [3.05, 3.63) is 36.9 Å². The average molecular weight is 451 g/mol. The fraction of sp³-hybridized carbons (Fsp3) is 0.600. The summed E-state index contributed by atoms with van der Waals surface area (Å²) >= 11 is 0. The minimum Gasteiger partial charge on any atom is -0.444 e. The van der Waals surface area contributed by atoms with Gasteiger partial charge in [0.25, 0.3) is 0 Å². The second-order valence-corrected chi connectivity index (χ2v) is 10.7. The molecule has 4 heterocycles. The van der Waals surface area contributed by atoms with E-state index in [0.29, 0.717) is 11.5 Å². The summed E-state index contributed by atoms with van der Waals surface area (Å²) in [6, 6.07) is 4.64. The van der Waals surface area contributed by atoms with Crippen LogP contribution in [0.1, 0.15) is 40.0 Å². The molecule has 3 fully saturated rings. The van der Waals surface area contributed by atoms with Crippen molar-refractivity contribution in [2.45, 2.75) is 51.7 Å². The van der Waals surface area contributed by atoms with Gasteiger partial charge in [0.1, 0.15) is 11.4 Å². The molecule has 0 aromatic carbocycles. The number of pyridine rings is 1. The maximum absolute atomic E-state index is 12.3. The number of hydrogen-bond acceptors (Lipinski definition) is 7. The molecule has 0 radical (unpaired) electrons. The Labute approximate surface area is 196 Å². The second kappa shape index (κ2) is 8.56. The van der Waals surface area contributed by atoms with Crippen LogP contribution in [0.25, 0.3) is 11.3 Å². The van der Waals surface area contributed by atoms with Crippen molar-refractivity contribution in [2.75, 3.05) is 44.2 Å². The topological polar surface area (TPSA) is 74.7 Å². The number of anilines is 1. The van der Waals surface area contributed by atoms with E-state index in [-0.39, 0.29) is 6.09 Å². The Morgan fingerprint density at radius 3 is 2.58 bits per heavy atom. The maximum atomic E-state index is 12.3. The molecule has 1 amide bonds. The molecule has 0 bridgehead atoms. The molecule has 176 valence electrons. The highest BCUT2D eigenvalue weighted by molar-refractivity contribution is 5.72. The molecule has 2 aliphatic heterocycles. The third-order valence-corrected chi connectivity index (χ3v) is 7.14. The highest BCUT2D eigenvalue weighted by Crippen LogP contribution is 2.47. The van der Waals surface area contributed by atoms with Crippen molar-refractivity contribution >= 4 is 11.9 Å². The van der Waals surface area contributed by atoms with Gasteiger partial charge in [0.2, 0.25) is 0 Å². The van der Waals surface area contributed by atoms with Gasteiger partial charge in [0.15, 0.2) is 0 Å². The number of ether oxygens (including phenoxy) is 1. The zero-order valence-corrected chi connectivity index (χ0v) is 19.9. The molecule has 2 aromatic heterocycles. The summed E-state index contributed by atoms with van der Waals surface area (Å²) in [4.78, 5) is 32.6. The van der Waals surface area contributed by atoms with E-state index < -0.39 is 5.60 Å². The first-order chi connectivity index (χ1) is 15.8. The zero-order chi connectivity index (χ0) is 23.1. The molecular weight excluding hydrogens is 416 g/mol. The van der Waals surface area contributed by atoms with Gasteiger partial charge in [-0.15, -0.1) is 0 Å². The van der Waals surface area contributed by atoms with E-state index in [1.165, 1.54) is 19.3 Å². The van der Waals surface area contributed by atoms with E-state index in [2.05, 4.69) is 30.8 Å². The summed E-state index contributed by atoms with van der Waals surface area (Å²) in [6.45, 7) is 11.4. The number of nitrogens with zero attached hydrogens (tertiary/aromatic N) is 6. The van der Waals surface area contributed by atoms with E-state index >= 15 is 0 Å². The van der Waals surface area contributed by atoms with Gasteiger partial charge in [0, 0.05) is 74.9 Å². The number of carbonyl (C=O) groups excluding carboxylic acids is 1. The molecule has 1 atom stereocenters. The van der Waals surface area contributed by atoms with E-state index in [4.69, 9.17) is 4.74 Å². The number of rotatable bonds is 3. The standard InChI is InChI=1S/C25H34N6O2/c1-24(2,3)33-23(32)31-17-25(18-31)7-6-19(15-25)29-11-13-30(14-12-29)22-20(5-4-8-28-22)21-16-26-9-10-27-21/h4-5,8-10,16,19H,6-7,11-15,17-18H2,1-3H3/t19-/m1/s1. The fourth-order valence-electron chi connectivity index (χ4n) is 5.58. The van der Waals surface area contributed by atoms with Crippen LogP contribution in [-0.4, -0.2) is 81.8 Å². The summed E-state index contributed by atoms with van der Waals surface area (Å²) in [5, 5.41) is 0. The quantitative estimate of drug-likeness (QED) is 0.709. The predicted molar refractivity (Wildman–Crippen MR) is 127 cm³/mol. The zero-order valence-electron chi connectivity index (χ0n) is 19.9. The normalized spacial score (nSPS) is 22.9. The van der Waals surface area contributed by atoms with Gasteiger partial charge in [-0.2, -0.15) is 0 Å². The smallest absolute Gasteiger partial charge is 0.410 e. The molecule has 0 unspecified atom stereocenters. The molecule has 5 rings (SSSR count). The first-order valence-corrected chi connectivity index (χ1v) is 12.0. The molecule has 3 aliphatic rings. The highest BCUT2D eigenvalue weighted by atomic mass is 16.6. The summed E-state index contributed by atoms with van der Waals surface area (Å²) in [7, 11) is 0. The first-order valence-electron chi connectivity index (χ1n) is 12.0. The Morgan fingerprint density at radius 2 is 1.88 bits per heavy atom. The second-order valence-electron chi connectivity index (χ2n) is 10.7. The van der Waals surface area contributed by atoms with E-state index in [9.17, 15) is 4.79 Å². The summed E-state index contributed by atoms with van der Waals surface area (Å²) < 4.78 is 5.54. The SMILES string of the molecule is CC(C)(C)OC(=O)N1CC2(CC[C@@H](N3CCN(c4ncccc4-c4cnccn4)CC3)C2)C1. The van der Waals surface area contributed by atoms with Crippen molar-refractivity contribution in [3.63, 3.8) is 0 Å². The lowest BCUT2D eigenvalue weighted by Gasteiger charge is -2.48. The molecule has 2 aromatic rings. The monoisotopic (exact) mass is 450 g/mol. The van der Waals surface area contributed by atoms with E-state index in [1.807, 2.05) is 37.9 Å². The molecule has 1 aliphatic carbocycles. The summed E-state index contributed by atoms with van der Waals surface area (Å²) in [5.74, 6) is 0.993. The van der Waals surface area contributed by atoms with Gasteiger partial charge in [-0.25, -0.2) is 9.78 Å². The lowest BCUT2D eigenvalue weighted by atomic mass is 9.78. The summed E-state index contributed by atoms with van der Waals surface area (Å²) in [5.41, 5.74) is 1.76. The number of amides is 1. The van der Waals surface area contributed by atoms with Gasteiger partial charge in [-0.1, -0.05) is 0 Å². The Hall–Kier alpha value is -2.74. The van der Waals surface area contributed by atoms with Gasteiger partial charge >= 0.3 is 6.09 Å². The molecular formula is C25H34N6O2. The van der Waals surface area contributed by atoms with Crippen molar-refractivity contribution in [3.8, 4) is 11.3 Å². The Bertz CT molecular complexity index is 978. The van der Waals surface area contributed by atoms with Crippen LogP contribution in [0, 0.1) is 5.41 Å². The lowest BCUT2D eigenvalue weighted by Crippen LogP contribution is -2.59. The van der Waals surface area contributed by atoms with Crippen molar-refractivity contribution in [1.29, 1.82) is 0 Å². The van der Waals surface area contributed by atoms with Crippen LogP contribution in [0.5, 0.6) is 0 Å². The number of carbonyl (C=O) groups is 1. The summed E-state index contributed by atoms with van der Waals surface area (Å²) in [6.07, 6.45) is 10.5. The van der Waals surface area contributed by atoms with E-state index in [0.717, 1.165) is 56.3 Å². The van der Waals surface area contributed by atoms with E-state index in [1.54, 1.807) is 18.6 Å². The van der Waals surface area contributed by atoms with Gasteiger partial charge in [0.05, 0.1) is 11.9 Å². The Kier molecular flexibility index (Phi) is 5.72. The minimum atomic E-state index is -0.432. The number of aromatic nitrogens is 3. The van der Waals surface area contributed by atoms with Gasteiger partial charge in [-0.05, 0) is 52.2 Å². The minimum absolute atomic E-state index is 0.167. The van der Waals surface area contributed by atoms with Crippen LogP contribution in [0.15, 0.2) is 36.9 Å². The Balaban J connectivity index is 1.16. The molecule has 0 N–H and O–H groups in total. The van der Waals surface area contributed by atoms with Crippen molar-refractivity contribution in [2.24, 2.45) is 5.41 Å². The third-order valence-electron chi connectivity index (χ3n) is 7.14. The maximum Gasteiger partial charge on any atom is 0.410 e. The van der Waals surface area contributed by atoms with Crippen LogP contribution in [0.4, 0.5) is 10.6 Å². The van der Waals surface area contributed by atoms with Gasteiger partial charge in [-0.3, -0.25) is 14.9 Å².